The molecule has 0 aliphatic heterocycles. The maximum atomic E-state index is 14.2. The van der Waals surface area contributed by atoms with Crippen LogP contribution in [0.5, 0.6) is 5.75 Å². The zero-order valence-corrected chi connectivity index (χ0v) is 24.9. The number of carbonyl (C=O) groups is 6. The zero-order valence-electron chi connectivity index (χ0n) is 24.1. The van der Waals surface area contributed by atoms with Crippen LogP contribution in [0.1, 0.15) is 34.3 Å². The Kier molecular flexibility index (Phi) is 7.88. The van der Waals surface area contributed by atoms with Crippen LogP contribution in [0.15, 0.2) is 36.4 Å². The van der Waals surface area contributed by atoms with Crippen LogP contribution >= 0.6 is 11.6 Å². The number of ether oxygens (including phenoxy) is 1. The molecule has 8 atom stereocenters. The summed E-state index contributed by atoms with van der Waals surface area (Å²) in [5, 5.41) is 34.3. The van der Waals surface area contributed by atoms with E-state index in [1.54, 1.807) is 6.92 Å². The van der Waals surface area contributed by atoms with Crippen LogP contribution in [0.3, 0.4) is 0 Å². The predicted molar refractivity (Wildman–Crippen MR) is 153 cm³/mol. The molecule has 0 saturated heterocycles. The smallest absolute Gasteiger partial charge is 0.310 e. The Hall–Kier alpha value is -4.53. The molecule has 0 heterocycles. The maximum Gasteiger partial charge on any atom is 0.310 e. The number of amides is 1. The molecule has 236 valence electrons. The van der Waals surface area contributed by atoms with Crippen LogP contribution in [-0.4, -0.2) is 86.9 Å². The van der Waals surface area contributed by atoms with Crippen molar-refractivity contribution < 1.29 is 48.6 Å². The summed E-state index contributed by atoms with van der Waals surface area (Å²) in [5.74, 6) is -15.8. The highest BCUT2D eigenvalue weighted by Gasteiger charge is 2.74. The lowest BCUT2D eigenvalue weighted by atomic mass is 9.49. The number of nitrogens with two attached hydrogens (primary N) is 1. The fourth-order valence-electron chi connectivity index (χ4n) is 7.27. The molecule has 4 N–H and O–H groups in total. The van der Waals surface area contributed by atoms with Gasteiger partial charge in [0.1, 0.15) is 11.9 Å². The Morgan fingerprint density at radius 2 is 1.80 bits per heavy atom. The topological polar surface area (TPSA) is 225 Å². The molecule has 2 aromatic carbocycles. The van der Waals surface area contributed by atoms with Crippen molar-refractivity contribution in [2.75, 3.05) is 14.1 Å². The van der Waals surface area contributed by atoms with E-state index in [-0.39, 0.29) is 16.1 Å². The minimum atomic E-state index is -3.20. The molecule has 2 fully saturated rings. The lowest BCUT2D eigenvalue weighted by molar-refractivity contribution is -0.385. The molecule has 2 saturated carbocycles. The number of halogens is 1. The first-order valence-corrected chi connectivity index (χ1v) is 14.2. The molecule has 0 spiro atoms. The van der Waals surface area contributed by atoms with E-state index in [1.165, 1.54) is 49.3 Å². The van der Waals surface area contributed by atoms with Gasteiger partial charge in [-0.1, -0.05) is 36.7 Å². The van der Waals surface area contributed by atoms with Crippen molar-refractivity contribution in [1.29, 1.82) is 0 Å². The second kappa shape index (κ2) is 11.1. The van der Waals surface area contributed by atoms with E-state index in [4.69, 9.17) is 22.1 Å². The van der Waals surface area contributed by atoms with Crippen LogP contribution < -0.4 is 5.73 Å². The van der Waals surface area contributed by atoms with Crippen molar-refractivity contribution in [3.63, 3.8) is 0 Å². The number of phenols is 1. The molecule has 3 aliphatic carbocycles. The van der Waals surface area contributed by atoms with Crippen molar-refractivity contribution in [2.24, 2.45) is 29.4 Å². The van der Waals surface area contributed by atoms with Crippen LogP contribution in [0.2, 0.25) is 5.02 Å². The highest BCUT2D eigenvalue weighted by molar-refractivity contribution is 6.32. The third-order valence-electron chi connectivity index (χ3n) is 9.17. The fourth-order valence-corrected chi connectivity index (χ4v) is 7.44. The third kappa shape index (κ3) is 4.71. The van der Waals surface area contributed by atoms with Gasteiger partial charge in [-0.15, -0.1) is 0 Å². The molecule has 1 amide bonds. The average molecular weight is 642 g/mol. The molecule has 0 bridgehead atoms. The number of hydrogen-bond acceptors (Lipinski definition) is 12. The number of Topliss-reactive ketones (excluding diaryl/α,β-unsaturated/α-hetero) is 4. The van der Waals surface area contributed by atoms with Gasteiger partial charge in [0.2, 0.25) is 5.91 Å². The molecule has 15 heteroatoms. The summed E-state index contributed by atoms with van der Waals surface area (Å²) in [5.41, 5.74) is 1.67. The summed E-state index contributed by atoms with van der Waals surface area (Å²) in [4.78, 5) is 93.6. The summed E-state index contributed by atoms with van der Waals surface area (Å²) in [6.07, 6.45) is -2.39. The summed E-state index contributed by atoms with van der Waals surface area (Å²) in [7, 11) is 2.76. The van der Waals surface area contributed by atoms with E-state index in [9.17, 15) is 49.1 Å². The first kappa shape index (κ1) is 31.9. The Morgan fingerprint density at radius 1 is 1.13 bits per heavy atom. The number of benzene rings is 2. The van der Waals surface area contributed by atoms with Gasteiger partial charge >= 0.3 is 5.97 Å². The van der Waals surface area contributed by atoms with Gasteiger partial charge < -0.3 is 20.7 Å². The number of carbonyl (C=O) groups excluding carboxylic acids is 6. The second-order valence-electron chi connectivity index (χ2n) is 11.8. The van der Waals surface area contributed by atoms with E-state index in [0.29, 0.717) is 5.56 Å². The zero-order chi connectivity index (χ0) is 33.3. The number of ketones is 4. The van der Waals surface area contributed by atoms with Gasteiger partial charge in [0.25, 0.3) is 5.69 Å². The number of hydrogen-bond donors (Lipinski definition) is 3. The molecular formula is C30H28ClN3O11. The van der Waals surface area contributed by atoms with Crippen LogP contribution in [0, 0.1) is 33.8 Å². The SMILES string of the molecule is C[C@@H]1c2cccc(O)c2C(=O)C2C(=O)[C@@]3(O)C(=O)C(C(N)=O)C(=O)[C@H](N(C)C)[C@H]3[C@H](OC(=O)Cc3ccc(Cl)cc3[N+](=O)[O-])[C@H]21. The largest absolute Gasteiger partial charge is 0.507 e. The molecule has 5 rings (SSSR count). The monoisotopic (exact) mass is 641 g/mol. The Labute approximate surface area is 260 Å². The van der Waals surface area contributed by atoms with E-state index in [1.807, 2.05) is 0 Å². The van der Waals surface area contributed by atoms with Gasteiger partial charge in [-0.05, 0) is 37.7 Å². The van der Waals surface area contributed by atoms with Crippen molar-refractivity contribution >= 4 is 52.3 Å². The summed E-state index contributed by atoms with van der Waals surface area (Å²) in [6.45, 7) is 1.59. The number of fused-ring (bicyclic) bond motifs is 3. The summed E-state index contributed by atoms with van der Waals surface area (Å²) < 4.78 is 5.88. The Bertz CT molecular complexity index is 1710. The third-order valence-corrected chi connectivity index (χ3v) is 9.41. The van der Waals surface area contributed by atoms with Gasteiger partial charge in [0.15, 0.2) is 34.7 Å². The van der Waals surface area contributed by atoms with E-state index in [0.717, 1.165) is 6.07 Å². The number of rotatable bonds is 6. The number of esters is 1. The average Bonchev–Trinajstić information content (AvgIpc) is 2.95. The van der Waals surface area contributed by atoms with Crippen LogP contribution in [-0.2, 0) is 35.1 Å². The van der Waals surface area contributed by atoms with Crippen LogP contribution in [0.25, 0.3) is 0 Å². The highest BCUT2D eigenvalue weighted by Crippen LogP contribution is 2.55. The normalized spacial score (nSPS) is 30.8. The Balaban J connectivity index is 1.71. The second-order valence-corrected chi connectivity index (χ2v) is 12.2. The number of nitrogens with zero attached hydrogens (tertiary/aromatic N) is 2. The molecule has 0 radical (unpaired) electrons. The van der Waals surface area contributed by atoms with Crippen molar-refractivity contribution in [2.45, 2.75) is 37.0 Å². The maximum absolute atomic E-state index is 14.2. The van der Waals surface area contributed by atoms with E-state index in [2.05, 4.69) is 0 Å². The van der Waals surface area contributed by atoms with Crippen LogP contribution in [0.4, 0.5) is 5.69 Å². The van der Waals surface area contributed by atoms with Gasteiger partial charge in [-0.2, -0.15) is 0 Å². The number of aliphatic hydroxyl groups is 1. The minimum Gasteiger partial charge on any atom is -0.507 e. The number of primary amides is 1. The molecule has 2 unspecified atom stereocenters. The standard InChI is InChI=1S/C30H28ClN3O11/c1-11-14-5-4-6-16(35)19(14)24(37)20-18(11)26(45-17(36)9-12-7-8-13(31)10-15(12)34(43)44)22-23(33(2)3)25(38)21(29(32)41)28(40)30(22,42)27(20)39/h4-8,10-11,18,20-23,26,35,42H,9H2,1-3H3,(H2,32,41)/t11-,18+,20?,21?,22+,23-,26-,30-/m1/s1. The molecule has 45 heavy (non-hydrogen) atoms. The predicted octanol–water partition coefficient (Wildman–Crippen LogP) is 0.754. The number of phenolic OH excluding ortho intramolecular Hbond substituents is 1. The van der Waals surface area contributed by atoms with Gasteiger partial charge in [-0.3, -0.25) is 43.8 Å². The van der Waals surface area contributed by atoms with Gasteiger partial charge in [-0.25, -0.2) is 0 Å². The number of nitro groups is 1. The molecule has 14 nitrogen and oxygen atoms in total. The van der Waals surface area contributed by atoms with Crippen molar-refractivity contribution in [3.8, 4) is 5.75 Å². The minimum absolute atomic E-state index is 0.0334. The molecule has 2 aromatic rings. The molecular weight excluding hydrogens is 614 g/mol. The number of nitro benzene ring substituents is 1. The van der Waals surface area contributed by atoms with Crippen molar-refractivity contribution in [3.05, 3.63) is 68.2 Å². The lowest BCUT2D eigenvalue weighted by Crippen LogP contribution is -2.78. The van der Waals surface area contributed by atoms with Crippen molar-refractivity contribution in [1.82, 2.24) is 4.90 Å². The Morgan fingerprint density at radius 3 is 2.40 bits per heavy atom. The van der Waals surface area contributed by atoms with Gasteiger partial charge in [0.05, 0.1) is 34.8 Å². The summed E-state index contributed by atoms with van der Waals surface area (Å²) >= 11 is 5.89. The lowest BCUT2D eigenvalue weighted by Gasteiger charge is -2.56. The first-order valence-electron chi connectivity index (χ1n) is 13.8. The van der Waals surface area contributed by atoms with Gasteiger partial charge in [0, 0.05) is 22.6 Å². The number of likely N-dealkylation sites (N-methyl/N-ethyl adjacent to an activating group) is 1. The number of aromatic hydroxyl groups is 1. The molecule has 0 aromatic heterocycles. The molecule has 3 aliphatic rings. The quantitative estimate of drug-likeness (QED) is 0.172. The van der Waals surface area contributed by atoms with E-state index >= 15 is 0 Å². The fraction of sp³-hybridized carbons (Fsp3) is 0.400. The highest BCUT2D eigenvalue weighted by atomic mass is 35.5. The first-order chi connectivity index (χ1) is 21.0. The summed E-state index contributed by atoms with van der Waals surface area (Å²) in [6, 6.07) is 6.23. The van der Waals surface area contributed by atoms with E-state index < -0.39 is 105 Å².